The van der Waals surface area contributed by atoms with E-state index in [1.165, 1.54) is 60.8 Å². The van der Waals surface area contributed by atoms with E-state index in [1.807, 2.05) is 0 Å². The van der Waals surface area contributed by atoms with Crippen LogP contribution in [-0.2, 0) is 0 Å². The smallest absolute Gasteiger partial charge is 0.0547 e. The minimum absolute atomic E-state index is 1.10. The van der Waals surface area contributed by atoms with Gasteiger partial charge in [0.2, 0.25) is 0 Å². The number of benzene rings is 9. The molecule has 2 nitrogen and oxygen atoms in total. The van der Waals surface area contributed by atoms with Crippen molar-refractivity contribution in [2.45, 2.75) is 0 Å². The molecule has 0 bridgehead atoms. The molecule has 0 saturated carbocycles. The molecular weight excluding hydrogens is 677 g/mol. The molecule has 0 unspecified atom stereocenters. The molecule has 0 aliphatic rings. The summed E-state index contributed by atoms with van der Waals surface area (Å²) >= 11 is 0. The second-order valence-corrected chi connectivity index (χ2v) is 14.1. The summed E-state index contributed by atoms with van der Waals surface area (Å²) < 4.78 is 2.41. The molecule has 10 aromatic rings. The van der Waals surface area contributed by atoms with E-state index in [2.05, 4.69) is 240 Å². The highest BCUT2D eigenvalue weighted by Gasteiger charge is 2.20. The summed E-state index contributed by atoms with van der Waals surface area (Å²) in [5.74, 6) is 0. The lowest BCUT2D eigenvalue weighted by Crippen LogP contribution is -2.11. The second-order valence-electron chi connectivity index (χ2n) is 14.1. The highest BCUT2D eigenvalue weighted by atomic mass is 15.1. The van der Waals surface area contributed by atoms with Crippen LogP contribution in [0.4, 0.5) is 17.1 Å². The quantitative estimate of drug-likeness (QED) is 0.152. The molecule has 0 N–H and O–H groups in total. The number of hydrogen-bond acceptors (Lipinski definition) is 1. The Morgan fingerprint density at radius 1 is 0.286 bits per heavy atom. The number of nitrogens with zero attached hydrogens (tertiary/aromatic N) is 2. The SMILES string of the molecule is c1ccc(-c2ccc(N(c3ccccc3)c3ccccc3-c3ccccc3-c3ccc4c5ccccc5n(-c5ccc(-c6ccccc6)cc5)c4c3)cc2)cc1. The van der Waals surface area contributed by atoms with Gasteiger partial charge in [0.15, 0.2) is 0 Å². The van der Waals surface area contributed by atoms with Crippen LogP contribution in [0.3, 0.4) is 0 Å². The first-order valence-electron chi connectivity index (χ1n) is 19.2. The van der Waals surface area contributed by atoms with Crippen molar-refractivity contribution >= 4 is 38.9 Å². The van der Waals surface area contributed by atoms with Gasteiger partial charge in [0.25, 0.3) is 0 Å². The lowest BCUT2D eigenvalue weighted by molar-refractivity contribution is 1.18. The number of para-hydroxylation sites is 3. The van der Waals surface area contributed by atoms with Crippen LogP contribution in [0.1, 0.15) is 0 Å². The van der Waals surface area contributed by atoms with E-state index in [-0.39, 0.29) is 0 Å². The first kappa shape index (κ1) is 33.2. The number of rotatable bonds is 8. The van der Waals surface area contributed by atoms with Crippen molar-refractivity contribution in [1.29, 1.82) is 0 Å². The van der Waals surface area contributed by atoms with Crippen LogP contribution in [0.5, 0.6) is 0 Å². The van der Waals surface area contributed by atoms with Crippen LogP contribution in [0, 0.1) is 0 Å². The lowest BCUT2D eigenvalue weighted by Gasteiger charge is -2.28. The summed E-state index contributed by atoms with van der Waals surface area (Å²) in [6, 6.07) is 83.0. The van der Waals surface area contributed by atoms with E-state index in [0.717, 1.165) is 28.3 Å². The zero-order valence-electron chi connectivity index (χ0n) is 30.8. The van der Waals surface area contributed by atoms with E-state index in [0.29, 0.717) is 0 Å². The predicted molar refractivity (Wildman–Crippen MR) is 237 cm³/mol. The molecule has 10 rings (SSSR count). The van der Waals surface area contributed by atoms with E-state index < -0.39 is 0 Å². The van der Waals surface area contributed by atoms with Gasteiger partial charge in [-0.05, 0) is 93.5 Å². The molecule has 0 amide bonds. The second kappa shape index (κ2) is 14.4. The lowest BCUT2D eigenvalue weighted by atomic mass is 9.92. The summed E-state index contributed by atoms with van der Waals surface area (Å²) in [5, 5.41) is 2.49. The van der Waals surface area contributed by atoms with E-state index in [1.54, 1.807) is 0 Å². The normalized spacial score (nSPS) is 11.2. The molecule has 0 saturated heterocycles. The summed E-state index contributed by atoms with van der Waals surface area (Å²) in [4.78, 5) is 2.38. The first-order valence-corrected chi connectivity index (χ1v) is 19.2. The number of hydrogen-bond donors (Lipinski definition) is 0. The fourth-order valence-corrected chi connectivity index (χ4v) is 8.15. The van der Waals surface area contributed by atoms with Gasteiger partial charge in [-0.1, -0.05) is 176 Å². The summed E-state index contributed by atoms with van der Waals surface area (Å²) in [7, 11) is 0. The van der Waals surface area contributed by atoms with Gasteiger partial charge in [0.1, 0.15) is 0 Å². The average molecular weight is 715 g/mol. The highest BCUT2D eigenvalue weighted by Crippen LogP contribution is 2.44. The Morgan fingerprint density at radius 3 is 1.43 bits per heavy atom. The van der Waals surface area contributed by atoms with E-state index in [4.69, 9.17) is 0 Å². The van der Waals surface area contributed by atoms with Crippen molar-refractivity contribution in [1.82, 2.24) is 4.57 Å². The molecule has 1 heterocycles. The third-order valence-corrected chi connectivity index (χ3v) is 10.8. The summed E-state index contributed by atoms with van der Waals surface area (Å²) in [6.07, 6.45) is 0. The van der Waals surface area contributed by atoms with Crippen molar-refractivity contribution < 1.29 is 0 Å². The van der Waals surface area contributed by atoms with Crippen LogP contribution in [0.25, 0.3) is 72.0 Å². The Bertz CT molecular complexity index is 2930. The topological polar surface area (TPSA) is 8.17 Å². The summed E-state index contributed by atoms with van der Waals surface area (Å²) in [5.41, 5.74) is 16.4. The van der Waals surface area contributed by atoms with Crippen molar-refractivity contribution in [2.24, 2.45) is 0 Å². The Balaban J connectivity index is 1.11. The molecule has 0 aliphatic heterocycles. The third-order valence-electron chi connectivity index (χ3n) is 10.8. The Morgan fingerprint density at radius 2 is 0.750 bits per heavy atom. The molecule has 1 aromatic heterocycles. The highest BCUT2D eigenvalue weighted by molar-refractivity contribution is 6.10. The molecular formula is C54H38N2. The maximum Gasteiger partial charge on any atom is 0.0547 e. The van der Waals surface area contributed by atoms with Crippen molar-refractivity contribution in [3.8, 4) is 50.2 Å². The summed E-state index contributed by atoms with van der Waals surface area (Å²) in [6.45, 7) is 0. The Kier molecular flexibility index (Phi) is 8.55. The zero-order chi connectivity index (χ0) is 37.3. The van der Waals surface area contributed by atoms with Crippen LogP contribution in [0.15, 0.2) is 231 Å². The molecule has 264 valence electrons. The van der Waals surface area contributed by atoms with Gasteiger partial charge in [-0.15, -0.1) is 0 Å². The maximum atomic E-state index is 2.41. The number of aromatic nitrogens is 1. The first-order chi connectivity index (χ1) is 27.8. The molecule has 0 fully saturated rings. The van der Waals surface area contributed by atoms with Gasteiger partial charge in [-0.3, -0.25) is 0 Å². The van der Waals surface area contributed by atoms with Crippen LogP contribution in [0.2, 0.25) is 0 Å². The number of anilines is 3. The van der Waals surface area contributed by atoms with Crippen molar-refractivity contribution in [2.75, 3.05) is 4.90 Å². The molecule has 2 heteroatoms. The van der Waals surface area contributed by atoms with Crippen LogP contribution in [-0.4, -0.2) is 4.57 Å². The van der Waals surface area contributed by atoms with Crippen molar-refractivity contribution in [3.05, 3.63) is 231 Å². The maximum absolute atomic E-state index is 2.41. The van der Waals surface area contributed by atoms with E-state index in [9.17, 15) is 0 Å². The van der Waals surface area contributed by atoms with Crippen LogP contribution < -0.4 is 4.90 Å². The Labute approximate surface area is 327 Å². The Hall–Kier alpha value is -7.42. The third kappa shape index (κ3) is 6.04. The van der Waals surface area contributed by atoms with Gasteiger partial charge in [-0.2, -0.15) is 0 Å². The molecule has 56 heavy (non-hydrogen) atoms. The molecule has 0 atom stereocenters. The fraction of sp³-hybridized carbons (Fsp3) is 0. The largest absolute Gasteiger partial charge is 0.310 e. The van der Waals surface area contributed by atoms with Crippen molar-refractivity contribution in [3.63, 3.8) is 0 Å². The minimum atomic E-state index is 1.10. The fourth-order valence-electron chi connectivity index (χ4n) is 8.15. The van der Waals surface area contributed by atoms with Gasteiger partial charge in [-0.25, -0.2) is 0 Å². The van der Waals surface area contributed by atoms with Gasteiger partial charge in [0.05, 0.1) is 16.7 Å². The zero-order valence-corrected chi connectivity index (χ0v) is 30.8. The minimum Gasteiger partial charge on any atom is -0.310 e. The van der Waals surface area contributed by atoms with Gasteiger partial charge in [0, 0.05) is 33.4 Å². The monoisotopic (exact) mass is 714 g/mol. The molecule has 0 aliphatic carbocycles. The van der Waals surface area contributed by atoms with E-state index >= 15 is 0 Å². The standard InChI is InChI=1S/C54H38N2/c1-4-16-39(17-5-1)41-28-33-45(34-29-41)55(44-20-8-3-9-21-44)52-26-14-12-24-49(52)48-23-11-10-22-47(48)43-32-37-51-50-25-13-15-27-53(50)56(54(51)38-43)46-35-30-42(31-36-46)40-18-6-2-7-19-40/h1-38H. The van der Waals surface area contributed by atoms with Crippen LogP contribution >= 0.6 is 0 Å². The van der Waals surface area contributed by atoms with Gasteiger partial charge >= 0.3 is 0 Å². The number of fused-ring (bicyclic) bond motifs is 3. The molecule has 0 spiro atoms. The average Bonchev–Trinajstić information content (AvgIpc) is 3.61. The predicted octanol–water partition coefficient (Wildman–Crippen LogP) is 14.9. The van der Waals surface area contributed by atoms with Gasteiger partial charge < -0.3 is 9.47 Å². The molecule has 9 aromatic carbocycles. The molecule has 0 radical (unpaired) electrons.